The number of carbonyl (C=O) groups excluding carboxylic acids is 1. The van der Waals surface area contributed by atoms with Gasteiger partial charge in [0.05, 0.1) is 12.0 Å². The van der Waals surface area contributed by atoms with Crippen LogP contribution in [0.2, 0.25) is 0 Å². The van der Waals surface area contributed by atoms with E-state index in [1.165, 1.54) is 0 Å². The van der Waals surface area contributed by atoms with E-state index in [1.54, 1.807) is 0 Å². The lowest BCUT2D eigenvalue weighted by Gasteiger charge is -2.16. The van der Waals surface area contributed by atoms with Gasteiger partial charge >= 0.3 is 5.97 Å². The van der Waals surface area contributed by atoms with Crippen molar-refractivity contribution in [1.29, 1.82) is 0 Å². The summed E-state index contributed by atoms with van der Waals surface area (Å²) in [4.78, 5) is 11.8. The summed E-state index contributed by atoms with van der Waals surface area (Å²) in [7, 11) is 0. The lowest BCUT2D eigenvalue weighted by Crippen LogP contribution is -2.19. The minimum atomic E-state index is -0.180. The molecule has 0 saturated heterocycles. The minimum absolute atomic E-state index is 0.0173. The quantitative estimate of drug-likeness (QED) is 0.710. The molecule has 2 nitrogen and oxygen atoms in total. The van der Waals surface area contributed by atoms with E-state index in [9.17, 15) is 4.79 Å². The van der Waals surface area contributed by atoms with E-state index >= 15 is 0 Å². The molecule has 0 fully saturated rings. The molecule has 1 aromatic rings. The molecule has 0 unspecified atom stereocenters. The van der Waals surface area contributed by atoms with E-state index in [-0.39, 0.29) is 18.0 Å². The van der Waals surface area contributed by atoms with Gasteiger partial charge < -0.3 is 4.74 Å². The van der Waals surface area contributed by atoms with Crippen molar-refractivity contribution in [1.82, 2.24) is 0 Å². The van der Waals surface area contributed by atoms with Gasteiger partial charge in [-0.2, -0.15) is 0 Å². The fourth-order valence-corrected chi connectivity index (χ4v) is 1.64. The predicted octanol–water partition coefficient (Wildman–Crippen LogP) is 3.52. The number of esters is 1. The Morgan fingerprint density at radius 2 is 1.88 bits per heavy atom. The number of rotatable bonds is 5. The summed E-state index contributed by atoms with van der Waals surface area (Å²) < 4.78 is 5.37. The second-order valence-electron chi connectivity index (χ2n) is 4.17. The number of carbonyl (C=O) groups is 1. The standard InChI is InChI=1S/C14H20O2/c1-4-8-11(2)16-14(15)12(3)13-9-6-5-7-10-13/h5-7,9-12H,4,8H2,1-3H3/t11-,12+/m0/s1. The summed E-state index contributed by atoms with van der Waals surface area (Å²) >= 11 is 0. The Balaban J connectivity index is 2.55. The van der Waals surface area contributed by atoms with E-state index in [2.05, 4.69) is 6.92 Å². The highest BCUT2D eigenvalue weighted by molar-refractivity contribution is 5.77. The summed E-state index contributed by atoms with van der Waals surface area (Å²) in [5.74, 6) is -0.312. The van der Waals surface area contributed by atoms with Gasteiger partial charge in [-0.05, 0) is 25.8 Å². The average molecular weight is 220 g/mol. The van der Waals surface area contributed by atoms with E-state index < -0.39 is 0 Å². The second kappa shape index (κ2) is 6.31. The molecular formula is C14H20O2. The molecule has 0 aliphatic rings. The van der Waals surface area contributed by atoms with E-state index in [0.717, 1.165) is 18.4 Å². The van der Waals surface area contributed by atoms with Crippen molar-refractivity contribution in [2.75, 3.05) is 0 Å². The van der Waals surface area contributed by atoms with Crippen LogP contribution in [-0.4, -0.2) is 12.1 Å². The van der Waals surface area contributed by atoms with Crippen LogP contribution in [0.5, 0.6) is 0 Å². The third-order valence-corrected chi connectivity index (χ3v) is 2.67. The van der Waals surface area contributed by atoms with Gasteiger partial charge in [0.15, 0.2) is 0 Å². The lowest BCUT2D eigenvalue weighted by atomic mass is 10.0. The van der Waals surface area contributed by atoms with Gasteiger partial charge in [0.25, 0.3) is 0 Å². The molecule has 0 bridgehead atoms. The first-order valence-corrected chi connectivity index (χ1v) is 5.90. The van der Waals surface area contributed by atoms with E-state index in [4.69, 9.17) is 4.74 Å². The number of hydrogen-bond donors (Lipinski definition) is 0. The maximum atomic E-state index is 11.8. The maximum Gasteiger partial charge on any atom is 0.313 e. The van der Waals surface area contributed by atoms with Crippen LogP contribution in [0.15, 0.2) is 30.3 Å². The highest BCUT2D eigenvalue weighted by Gasteiger charge is 2.18. The Morgan fingerprint density at radius 3 is 2.44 bits per heavy atom. The van der Waals surface area contributed by atoms with Gasteiger partial charge in [-0.3, -0.25) is 4.79 Å². The van der Waals surface area contributed by atoms with Gasteiger partial charge in [-0.1, -0.05) is 43.7 Å². The number of benzene rings is 1. The molecule has 88 valence electrons. The van der Waals surface area contributed by atoms with Crippen molar-refractivity contribution < 1.29 is 9.53 Å². The predicted molar refractivity (Wildman–Crippen MR) is 65.3 cm³/mol. The molecule has 16 heavy (non-hydrogen) atoms. The molecule has 1 aromatic carbocycles. The number of hydrogen-bond acceptors (Lipinski definition) is 2. The average Bonchev–Trinajstić information content (AvgIpc) is 2.29. The molecule has 2 atom stereocenters. The topological polar surface area (TPSA) is 26.3 Å². The normalized spacial score (nSPS) is 14.2. The zero-order chi connectivity index (χ0) is 12.0. The molecule has 0 aliphatic carbocycles. The summed E-state index contributed by atoms with van der Waals surface area (Å²) in [5, 5.41) is 0. The van der Waals surface area contributed by atoms with Crippen molar-refractivity contribution in [2.24, 2.45) is 0 Å². The first kappa shape index (κ1) is 12.8. The summed E-state index contributed by atoms with van der Waals surface area (Å²) in [5.41, 5.74) is 1.01. The minimum Gasteiger partial charge on any atom is -0.462 e. The van der Waals surface area contributed by atoms with Gasteiger partial charge in [0.1, 0.15) is 0 Å². The Labute approximate surface area is 97.6 Å². The summed E-state index contributed by atoms with van der Waals surface area (Å²) in [6.07, 6.45) is 1.98. The Hall–Kier alpha value is -1.31. The van der Waals surface area contributed by atoms with Crippen LogP contribution in [0.4, 0.5) is 0 Å². The first-order valence-electron chi connectivity index (χ1n) is 5.90. The molecule has 0 spiro atoms. The molecule has 2 heteroatoms. The molecule has 0 saturated carbocycles. The highest BCUT2D eigenvalue weighted by Crippen LogP contribution is 2.17. The maximum absolute atomic E-state index is 11.8. The van der Waals surface area contributed by atoms with E-state index in [1.807, 2.05) is 44.2 Å². The molecule has 0 radical (unpaired) electrons. The fraction of sp³-hybridized carbons (Fsp3) is 0.500. The van der Waals surface area contributed by atoms with Crippen molar-refractivity contribution in [2.45, 2.75) is 45.6 Å². The summed E-state index contributed by atoms with van der Waals surface area (Å²) in [6, 6.07) is 9.73. The second-order valence-corrected chi connectivity index (χ2v) is 4.17. The largest absolute Gasteiger partial charge is 0.462 e. The Morgan fingerprint density at radius 1 is 1.25 bits per heavy atom. The Kier molecular flexibility index (Phi) is 5.03. The fourth-order valence-electron chi connectivity index (χ4n) is 1.64. The molecule has 0 aromatic heterocycles. The lowest BCUT2D eigenvalue weighted by molar-refractivity contribution is -0.149. The van der Waals surface area contributed by atoms with Crippen LogP contribution < -0.4 is 0 Å². The van der Waals surface area contributed by atoms with E-state index in [0.29, 0.717) is 0 Å². The molecule has 0 aliphatic heterocycles. The van der Waals surface area contributed by atoms with Gasteiger partial charge in [0, 0.05) is 0 Å². The van der Waals surface area contributed by atoms with Gasteiger partial charge in [-0.25, -0.2) is 0 Å². The monoisotopic (exact) mass is 220 g/mol. The van der Waals surface area contributed by atoms with Crippen molar-refractivity contribution in [3.63, 3.8) is 0 Å². The van der Waals surface area contributed by atoms with Crippen LogP contribution in [0.25, 0.3) is 0 Å². The van der Waals surface area contributed by atoms with Gasteiger partial charge in [0.2, 0.25) is 0 Å². The molecule has 1 rings (SSSR count). The molecule has 0 N–H and O–H groups in total. The van der Waals surface area contributed by atoms with Crippen LogP contribution in [0.1, 0.15) is 45.1 Å². The zero-order valence-electron chi connectivity index (χ0n) is 10.3. The summed E-state index contributed by atoms with van der Waals surface area (Å²) in [6.45, 7) is 5.92. The third kappa shape index (κ3) is 3.69. The van der Waals surface area contributed by atoms with Crippen LogP contribution in [0.3, 0.4) is 0 Å². The van der Waals surface area contributed by atoms with Crippen LogP contribution >= 0.6 is 0 Å². The highest BCUT2D eigenvalue weighted by atomic mass is 16.5. The molecular weight excluding hydrogens is 200 g/mol. The van der Waals surface area contributed by atoms with Crippen molar-refractivity contribution in [3.05, 3.63) is 35.9 Å². The molecule has 0 heterocycles. The first-order chi connectivity index (χ1) is 7.65. The number of ether oxygens (including phenoxy) is 1. The van der Waals surface area contributed by atoms with Crippen molar-refractivity contribution >= 4 is 5.97 Å². The molecule has 0 amide bonds. The SMILES string of the molecule is CCC[C@H](C)OC(=O)[C@H](C)c1ccccc1. The van der Waals surface area contributed by atoms with Crippen LogP contribution in [-0.2, 0) is 9.53 Å². The van der Waals surface area contributed by atoms with Gasteiger partial charge in [-0.15, -0.1) is 0 Å². The Bertz CT molecular complexity index is 319. The van der Waals surface area contributed by atoms with Crippen LogP contribution in [0, 0.1) is 0 Å². The third-order valence-electron chi connectivity index (χ3n) is 2.67. The van der Waals surface area contributed by atoms with Crippen molar-refractivity contribution in [3.8, 4) is 0 Å². The zero-order valence-corrected chi connectivity index (χ0v) is 10.3. The smallest absolute Gasteiger partial charge is 0.313 e.